The van der Waals surface area contributed by atoms with Crippen LogP contribution in [0.3, 0.4) is 0 Å². The van der Waals surface area contributed by atoms with Gasteiger partial charge in [-0.15, -0.1) is 0 Å². The number of hydrazone groups is 1. The van der Waals surface area contributed by atoms with Crippen LogP contribution in [0.1, 0.15) is 21.5 Å². The van der Waals surface area contributed by atoms with Crippen LogP contribution in [0.5, 0.6) is 11.5 Å². The number of methoxy groups -OCH3 is 1. The van der Waals surface area contributed by atoms with E-state index in [0.717, 1.165) is 11.3 Å². The maximum absolute atomic E-state index is 12.9. The monoisotopic (exact) mass is 584 g/mol. The molecular formula is C26H25IN4O4. The van der Waals surface area contributed by atoms with Crippen molar-refractivity contribution in [1.82, 2.24) is 10.7 Å². The lowest BCUT2D eigenvalue weighted by atomic mass is 10.1. The third-order valence-corrected chi connectivity index (χ3v) is 5.72. The van der Waals surface area contributed by atoms with E-state index in [0.29, 0.717) is 20.4 Å². The van der Waals surface area contributed by atoms with Crippen LogP contribution in [0, 0.1) is 3.57 Å². The summed E-state index contributed by atoms with van der Waals surface area (Å²) in [6.07, 6.45) is 3.00. The molecule has 3 N–H and O–H groups in total. The smallest absolute Gasteiger partial charge is 0.287 e. The molecule has 180 valence electrons. The van der Waals surface area contributed by atoms with Gasteiger partial charge in [-0.05, 0) is 76.2 Å². The van der Waals surface area contributed by atoms with Crippen molar-refractivity contribution in [3.05, 3.63) is 92.7 Å². The summed E-state index contributed by atoms with van der Waals surface area (Å²) in [5.74, 6) is -0.689. The summed E-state index contributed by atoms with van der Waals surface area (Å²) in [4.78, 5) is 27.6. The Balaban J connectivity index is 1.83. The first-order valence-corrected chi connectivity index (χ1v) is 11.6. The maximum atomic E-state index is 12.9. The number of anilines is 1. The second-order valence-corrected chi connectivity index (χ2v) is 8.78. The Morgan fingerprint density at radius 2 is 1.71 bits per heavy atom. The first kappa shape index (κ1) is 25.8. The lowest BCUT2D eigenvalue weighted by Crippen LogP contribution is -2.32. The lowest BCUT2D eigenvalue weighted by Gasteiger charge is -2.12. The van der Waals surface area contributed by atoms with Crippen LogP contribution in [0.15, 0.2) is 77.5 Å². The number of phenolic OH excluding ortho intramolecular Hbond substituents is 1. The van der Waals surface area contributed by atoms with Crippen molar-refractivity contribution >= 4 is 52.4 Å². The molecule has 3 rings (SSSR count). The normalized spacial score (nSPS) is 11.3. The zero-order valence-corrected chi connectivity index (χ0v) is 21.6. The van der Waals surface area contributed by atoms with Crippen LogP contribution in [0.25, 0.3) is 6.08 Å². The molecule has 9 heteroatoms. The number of aromatic hydroxyl groups is 1. The zero-order valence-electron chi connectivity index (χ0n) is 19.4. The van der Waals surface area contributed by atoms with Crippen LogP contribution < -0.4 is 20.4 Å². The fourth-order valence-corrected chi connectivity index (χ4v) is 3.65. The van der Waals surface area contributed by atoms with E-state index < -0.39 is 11.8 Å². The van der Waals surface area contributed by atoms with Crippen molar-refractivity contribution in [3.8, 4) is 11.5 Å². The molecule has 0 unspecified atom stereocenters. The number of hydrogen-bond acceptors (Lipinski definition) is 6. The topological polar surface area (TPSA) is 103 Å². The Hall–Kier alpha value is -3.86. The molecule has 0 aliphatic rings. The van der Waals surface area contributed by atoms with Gasteiger partial charge in [-0.3, -0.25) is 9.59 Å². The van der Waals surface area contributed by atoms with Crippen molar-refractivity contribution in [2.45, 2.75) is 0 Å². The van der Waals surface area contributed by atoms with Gasteiger partial charge in [-0.2, -0.15) is 5.10 Å². The summed E-state index contributed by atoms with van der Waals surface area (Å²) in [6.45, 7) is 0. The van der Waals surface area contributed by atoms with Gasteiger partial charge < -0.3 is 20.1 Å². The number of hydrogen-bond donors (Lipinski definition) is 3. The largest absolute Gasteiger partial charge is 0.504 e. The third kappa shape index (κ3) is 7.06. The number of phenols is 1. The van der Waals surface area contributed by atoms with E-state index in [-0.39, 0.29) is 11.4 Å². The molecule has 2 amide bonds. The summed E-state index contributed by atoms with van der Waals surface area (Å²) >= 11 is 1.97. The third-order valence-electron chi connectivity index (χ3n) is 4.90. The maximum Gasteiger partial charge on any atom is 0.287 e. The number of benzene rings is 3. The molecule has 0 saturated carbocycles. The highest BCUT2D eigenvalue weighted by molar-refractivity contribution is 14.1. The number of ether oxygens (including phenoxy) is 1. The van der Waals surface area contributed by atoms with E-state index in [1.807, 2.05) is 65.9 Å². The summed E-state index contributed by atoms with van der Waals surface area (Å²) in [5, 5.41) is 16.7. The number of carbonyl (C=O) groups excluding carboxylic acids is 2. The summed E-state index contributed by atoms with van der Waals surface area (Å²) in [6, 6.07) is 19.4. The van der Waals surface area contributed by atoms with Crippen molar-refractivity contribution in [2.24, 2.45) is 5.10 Å². The second kappa shape index (κ2) is 12.0. The van der Waals surface area contributed by atoms with Crippen LogP contribution in [0.2, 0.25) is 0 Å². The molecule has 0 radical (unpaired) electrons. The van der Waals surface area contributed by atoms with Gasteiger partial charge in [0.2, 0.25) is 0 Å². The fourth-order valence-electron chi connectivity index (χ4n) is 3.03. The van der Waals surface area contributed by atoms with Crippen molar-refractivity contribution in [1.29, 1.82) is 0 Å². The van der Waals surface area contributed by atoms with E-state index >= 15 is 0 Å². The van der Waals surface area contributed by atoms with E-state index in [1.165, 1.54) is 13.3 Å². The number of rotatable bonds is 8. The van der Waals surface area contributed by atoms with Gasteiger partial charge in [0.15, 0.2) is 11.5 Å². The first-order valence-electron chi connectivity index (χ1n) is 10.5. The van der Waals surface area contributed by atoms with Crippen molar-refractivity contribution in [3.63, 3.8) is 0 Å². The number of carbonyl (C=O) groups is 2. The molecule has 35 heavy (non-hydrogen) atoms. The Morgan fingerprint density at radius 1 is 1.03 bits per heavy atom. The SMILES string of the molecule is COc1cc(/C=N/NC(=O)/C(=C\c2ccc(N(C)C)cc2)NC(=O)c2ccccc2)cc(I)c1O. The molecule has 0 fully saturated rings. The van der Waals surface area contributed by atoms with Gasteiger partial charge in [-0.1, -0.05) is 30.3 Å². The molecule has 0 saturated heterocycles. The molecule has 0 aliphatic heterocycles. The predicted molar refractivity (Wildman–Crippen MR) is 146 cm³/mol. The molecule has 3 aromatic carbocycles. The van der Waals surface area contributed by atoms with Gasteiger partial charge >= 0.3 is 0 Å². The molecule has 0 spiro atoms. The van der Waals surface area contributed by atoms with Gasteiger partial charge in [0.25, 0.3) is 11.8 Å². The van der Waals surface area contributed by atoms with Gasteiger partial charge in [0.05, 0.1) is 16.9 Å². The molecule has 0 aliphatic carbocycles. The Labute approximate surface area is 217 Å². The number of nitrogens with zero attached hydrogens (tertiary/aromatic N) is 2. The summed E-state index contributed by atoms with van der Waals surface area (Å²) in [5.41, 5.74) is 5.25. The zero-order chi connectivity index (χ0) is 25.4. The molecule has 0 atom stereocenters. The van der Waals surface area contributed by atoms with E-state index in [2.05, 4.69) is 15.8 Å². The predicted octanol–water partition coefficient (Wildman–Crippen LogP) is 3.99. The van der Waals surface area contributed by atoms with Crippen LogP contribution in [-0.2, 0) is 4.79 Å². The Morgan fingerprint density at radius 3 is 2.34 bits per heavy atom. The number of nitrogens with one attached hydrogen (secondary N) is 2. The highest BCUT2D eigenvalue weighted by atomic mass is 127. The number of halogens is 1. The van der Waals surface area contributed by atoms with Crippen LogP contribution in [-0.4, -0.2) is 44.3 Å². The number of amides is 2. The lowest BCUT2D eigenvalue weighted by molar-refractivity contribution is -0.117. The van der Waals surface area contributed by atoms with E-state index in [4.69, 9.17) is 4.74 Å². The highest BCUT2D eigenvalue weighted by Crippen LogP contribution is 2.31. The molecule has 0 heterocycles. The average Bonchev–Trinajstić information content (AvgIpc) is 2.86. The minimum atomic E-state index is -0.595. The molecule has 8 nitrogen and oxygen atoms in total. The quantitative estimate of drug-likeness (QED) is 0.161. The second-order valence-electron chi connectivity index (χ2n) is 7.62. The Kier molecular flexibility index (Phi) is 8.85. The van der Waals surface area contributed by atoms with Gasteiger partial charge in [0, 0.05) is 25.3 Å². The molecular weight excluding hydrogens is 559 g/mol. The van der Waals surface area contributed by atoms with Crippen LogP contribution >= 0.6 is 22.6 Å². The highest BCUT2D eigenvalue weighted by Gasteiger charge is 2.14. The standard InChI is InChI=1S/C26H25IN4O4/c1-31(2)20-11-9-17(10-12-20)14-22(29-25(33)19-7-5-4-6-8-19)26(34)30-28-16-18-13-21(27)24(32)23(15-18)35-3/h4-16,32H,1-3H3,(H,29,33)(H,30,34)/b22-14+,28-16+. The minimum absolute atomic E-state index is 0.0309. The Bertz CT molecular complexity index is 1260. The summed E-state index contributed by atoms with van der Waals surface area (Å²) in [7, 11) is 5.32. The molecule has 0 aromatic heterocycles. The molecule has 3 aromatic rings. The van der Waals surface area contributed by atoms with Crippen molar-refractivity contribution in [2.75, 3.05) is 26.1 Å². The summed E-state index contributed by atoms with van der Waals surface area (Å²) < 4.78 is 5.72. The fraction of sp³-hybridized carbons (Fsp3) is 0.115. The van der Waals surface area contributed by atoms with Gasteiger partial charge in [-0.25, -0.2) is 5.43 Å². The van der Waals surface area contributed by atoms with E-state index in [9.17, 15) is 14.7 Å². The molecule has 0 bridgehead atoms. The average molecular weight is 584 g/mol. The first-order chi connectivity index (χ1) is 16.8. The van der Waals surface area contributed by atoms with Gasteiger partial charge in [0.1, 0.15) is 5.70 Å². The van der Waals surface area contributed by atoms with E-state index in [1.54, 1.807) is 48.5 Å². The minimum Gasteiger partial charge on any atom is -0.504 e. The van der Waals surface area contributed by atoms with Crippen LogP contribution in [0.4, 0.5) is 5.69 Å². The van der Waals surface area contributed by atoms with Crippen molar-refractivity contribution < 1.29 is 19.4 Å².